The van der Waals surface area contributed by atoms with E-state index in [4.69, 9.17) is 0 Å². The Morgan fingerprint density at radius 3 is 0.938 bits per heavy atom. The minimum absolute atomic E-state index is 0.784. The van der Waals surface area contributed by atoms with Crippen LogP contribution in [0.4, 0.5) is 0 Å². The maximum atomic E-state index is 10.8. The van der Waals surface area contributed by atoms with E-state index < -0.39 is 11.2 Å². The highest BCUT2D eigenvalue weighted by atomic mass is 16.4. The summed E-state index contributed by atoms with van der Waals surface area (Å²) < 4.78 is 0. The molecule has 0 heterocycles. The van der Waals surface area contributed by atoms with Gasteiger partial charge in [-0.3, -0.25) is 0 Å². The van der Waals surface area contributed by atoms with Gasteiger partial charge in [-0.15, -0.1) is 0 Å². The van der Waals surface area contributed by atoms with E-state index in [1.807, 2.05) is 0 Å². The summed E-state index contributed by atoms with van der Waals surface area (Å²) in [6.07, 6.45) is 12.4. The third-order valence-corrected chi connectivity index (χ3v) is 4.73. The molecule has 0 aromatic heterocycles. The largest absolute Gasteiger partial charge is 0.387 e. The fourth-order valence-electron chi connectivity index (χ4n) is 3.56. The van der Waals surface area contributed by atoms with Crippen LogP contribution in [0.3, 0.4) is 0 Å². The lowest BCUT2D eigenvalue weighted by Gasteiger charge is -2.43. The van der Waals surface area contributed by atoms with Crippen LogP contribution in [-0.4, -0.2) is 21.4 Å². The van der Waals surface area contributed by atoms with Crippen molar-refractivity contribution in [1.29, 1.82) is 0 Å². The summed E-state index contributed by atoms with van der Waals surface area (Å²) >= 11 is 0. The van der Waals surface area contributed by atoms with Crippen LogP contribution < -0.4 is 0 Å². The lowest BCUT2D eigenvalue weighted by molar-refractivity contribution is -0.166. The number of hydrogen-bond donors (Lipinski definition) is 2. The molecule has 2 heteroatoms. The summed E-state index contributed by atoms with van der Waals surface area (Å²) in [5, 5.41) is 21.6. The normalized spacial score (nSPS) is 30.4. The van der Waals surface area contributed by atoms with E-state index in [1.165, 1.54) is 25.7 Å². The van der Waals surface area contributed by atoms with Gasteiger partial charge in [0.05, 0.1) is 11.2 Å². The van der Waals surface area contributed by atoms with Crippen molar-refractivity contribution in [3.05, 3.63) is 0 Å². The number of aliphatic hydroxyl groups is 2. The van der Waals surface area contributed by atoms with Gasteiger partial charge < -0.3 is 10.2 Å². The lowest BCUT2D eigenvalue weighted by atomic mass is 9.73. The van der Waals surface area contributed by atoms with Gasteiger partial charge in [0.15, 0.2) is 0 Å². The molecule has 2 rings (SSSR count). The van der Waals surface area contributed by atoms with Crippen LogP contribution in [0.5, 0.6) is 0 Å². The van der Waals surface area contributed by atoms with Crippen LogP contribution in [0, 0.1) is 0 Å². The molecule has 94 valence electrons. The van der Waals surface area contributed by atoms with Gasteiger partial charge in [-0.05, 0) is 25.7 Å². The maximum Gasteiger partial charge on any atom is 0.0933 e. The summed E-state index contributed by atoms with van der Waals surface area (Å²) in [4.78, 5) is 0. The van der Waals surface area contributed by atoms with Gasteiger partial charge in [0.25, 0.3) is 0 Å². The second-order valence-corrected chi connectivity index (χ2v) is 5.89. The van der Waals surface area contributed by atoms with Crippen molar-refractivity contribution < 1.29 is 10.2 Å². The van der Waals surface area contributed by atoms with Crippen LogP contribution in [0.1, 0.15) is 77.0 Å². The molecule has 0 atom stereocenters. The molecule has 0 radical (unpaired) electrons. The summed E-state index contributed by atoms with van der Waals surface area (Å²) in [6.45, 7) is 0. The first kappa shape index (κ1) is 12.4. The predicted octanol–water partition coefficient (Wildman–Crippen LogP) is 3.16. The monoisotopic (exact) mass is 226 g/mol. The molecule has 0 unspecified atom stereocenters. The summed E-state index contributed by atoms with van der Waals surface area (Å²) in [6, 6.07) is 0. The van der Waals surface area contributed by atoms with Gasteiger partial charge in [-0.1, -0.05) is 51.4 Å². The van der Waals surface area contributed by atoms with E-state index in [0.29, 0.717) is 0 Å². The Balaban J connectivity index is 2.11. The van der Waals surface area contributed by atoms with E-state index in [-0.39, 0.29) is 0 Å². The Bertz CT molecular complexity index is 185. The zero-order valence-corrected chi connectivity index (χ0v) is 10.4. The molecule has 0 spiro atoms. The molecule has 0 aliphatic heterocycles. The summed E-state index contributed by atoms with van der Waals surface area (Å²) in [5.41, 5.74) is -1.57. The van der Waals surface area contributed by atoms with Crippen molar-refractivity contribution in [1.82, 2.24) is 0 Å². The Hall–Kier alpha value is -0.0800. The quantitative estimate of drug-likeness (QED) is 0.674. The first-order valence-corrected chi connectivity index (χ1v) is 7.11. The Morgan fingerprint density at radius 2 is 0.688 bits per heavy atom. The molecule has 2 aliphatic rings. The van der Waals surface area contributed by atoms with Crippen LogP contribution in [0.15, 0.2) is 0 Å². The average Bonchev–Trinajstić information content (AvgIpc) is 2.61. The Morgan fingerprint density at radius 1 is 0.438 bits per heavy atom. The van der Waals surface area contributed by atoms with Gasteiger partial charge in [0.2, 0.25) is 0 Å². The van der Waals surface area contributed by atoms with E-state index >= 15 is 0 Å². The first-order valence-electron chi connectivity index (χ1n) is 7.11. The molecule has 2 aliphatic carbocycles. The summed E-state index contributed by atoms with van der Waals surface area (Å²) in [7, 11) is 0. The molecular formula is C14H26O2. The molecule has 2 N–H and O–H groups in total. The van der Waals surface area contributed by atoms with Gasteiger partial charge >= 0.3 is 0 Å². The Kier molecular flexibility index (Phi) is 3.91. The van der Waals surface area contributed by atoms with Gasteiger partial charge in [-0.25, -0.2) is 0 Å². The van der Waals surface area contributed by atoms with Crippen molar-refractivity contribution in [3.63, 3.8) is 0 Å². The van der Waals surface area contributed by atoms with E-state index in [1.54, 1.807) is 0 Å². The zero-order chi connectivity index (χ0) is 11.5. The third-order valence-electron chi connectivity index (χ3n) is 4.73. The highest BCUT2D eigenvalue weighted by Gasteiger charge is 2.48. The molecule has 16 heavy (non-hydrogen) atoms. The summed E-state index contributed by atoms with van der Waals surface area (Å²) in [5.74, 6) is 0. The van der Waals surface area contributed by atoms with Gasteiger partial charge in [0.1, 0.15) is 0 Å². The van der Waals surface area contributed by atoms with E-state index in [9.17, 15) is 10.2 Å². The second kappa shape index (κ2) is 5.05. The standard InChI is InChI=1S/C14H26O2/c15-13(9-5-1-2-6-10-13)14(16)11-7-3-4-8-12-14/h15-16H,1-12H2. The fraction of sp³-hybridized carbons (Fsp3) is 1.00. The molecule has 2 nitrogen and oxygen atoms in total. The highest BCUT2D eigenvalue weighted by molar-refractivity contribution is 5.01. The Labute approximate surface area is 99.1 Å². The number of rotatable bonds is 1. The van der Waals surface area contributed by atoms with Crippen molar-refractivity contribution >= 4 is 0 Å². The van der Waals surface area contributed by atoms with Crippen LogP contribution >= 0.6 is 0 Å². The second-order valence-electron chi connectivity index (χ2n) is 5.89. The van der Waals surface area contributed by atoms with Crippen molar-refractivity contribution in [2.75, 3.05) is 0 Å². The van der Waals surface area contributed by atoms with Crippen LogP contribution in [0.2, 0.25) is 0 Å². The predicted molar refractivity (Wildman–Crippen MR) is 65.3 cm³/mol. The van der Waals surface area contributed by atoms with Crippen molar-refractivity contribution in [2.24, 2.45) is 0 Å². The maximum absolute atomic E-state index is 10.8. The van der Waals surface area contributed by atoms with Gasteiger partial charge in [0, 0.05) is 0 Å². The SMILES string of the molecule is OC1(C2(O)CCCCCC2)CCCCCC1. The number of hydrogen-bond acceptors (Lipinski definition) is 2. The van der Waals surface area contributed by atoms with Crippen LogP contribution in [-0.2, 0) is 0 Å². The molecule has 0 bridgehead atoms. The zero-order valence-electron chi connectivity index (χ0n) is 10.4. The molecule has 2 saturated carbocycles. The third kappa shape index (κ3) is 2.43. The topological polar surface area (TPSA) is 40.5 Å². The van der Waals surface area contributed by atoms with Gasteiger partial charge in [-0.2, -0.15) is 0 Å². The molecular weight excluding hydrogens is 200 g/mol. The minimum atomic E-state index is -0.784. The average molecular weight is 226 g/mol. The van der Waals surface area contributed by atoms with E-state index in [2.05, 4.69) is 0 Å². The molecule has 2 fully saturated rings. The first-order chi connectivity index (χ1) is 7.66. The van der Waals surface area contributed by atoms with E-state index in [0.717, 1.165) is 51.4 Å². The molecule has 0 aromatic carbocycles. The van der Waals surface area contributed by atoms with Crippen molar-refractivity contribution in [3.8, 4) is 0 Å². The lowest BCUT2D eigenvalue weighted by Crippen LogP contribution is -2.53. The smallest absolute Gasteiger partial charge is 0.0933 e. The molecule has 0 saturated heterocycles. The highest BCUT2D eigenvalue weighted by Crippen LogP contribution is 2.43. The van der Waals surface area contributed by atoms with Crippen LogP contribution in [0.25, 0.3) is 0 Å². The molecule has 0 aromatic rings. The minimum Gasteiger partial charge on any atom is -0.387 e. The molecule has 0 amide bonds. The fourth-order valence-corrected chi connectivity index (χ4v) is 3.56. The van der Waals surface area contributed by atoms with Crippen molar-refractivity contribution in [2.45, 2.75) is 88.3 Å².